The number of nitrogens with zero attached hydrogens (tertiary/aromatic N) is 3. The summed E-state index contributed by atoms with van der Waals surface area (Å²) in [5.41, 5.74) is 3.95. The molecule has 0 aliphatic carbocycles. The van der Waals surface area contributed by atoms with E-state index in [4.69, 9.17) is 0 Å². The molecule has 0 saturated carbocycles. The average molecular weight is 425 g/mol. The number of nitrogens with one attached hydrogen (secondary N) is 1. The van der Waals surface area contributed by atoms with Gasteiger partial charge in [-0.15, -0.1) is 22.7 Å². The van der Waals surface area contributed by atoms with Gasteiger partial charge >= 0.3 is 0 Å². The van der Waals surface area contributed by atoms with Crippen LogP contribution in [0.5, 0.6) is 0 Å². The SMILES string of the molecule is CCC(C(=O)Nc1nccs1)n1cnc2scc(-c3ccc(C)cc3C)c2c1=O. The summed E-state index contributed by atoms with van der Waals surface area (Å²) >= 11 is 2.78. The number of thiazole rings is 1. The Morgan fingerprint density at radius 2 is 2.03 bits per heavy atom. The maximum atomic E-state index is 13.4. The Bertz CT molecular complexity index is 1240. The molecule has 1 aromatic carbocycles. The smallest absolute Gasteiger partial charge is 0.263 e. The summed E-state index contributed by atoms with van der Waals surface area (Å²) in [5.74, 6) is -0.269. The number of hydrogen-bond donors (Lipinski definition) is 1. The van der Waals surface area contributed by atoms with Crippen molar-refractivity contribution in [2.75, 3.05) is 5.32 Å². The third kappa shape index (κ3) is 3.61. The van der Waals surface area contributed by atoms with Crippen molar-refractivity contribution in [1.29, 1.82) is 0 Å². The second kappa shape index (κ2) is 7.88. The molecule has 1 atom stereocenters. The van der Waals surface area contributed by atoms with Gasteiger partial charge in [0.1, 0.15) is 10.9 Å². The minimum absolute atomic E-state index is 0.202. The molecule has 4 aromatic rings. The van der Waals surface area contributed by atoms with Gasteiger partial charge in [-0.2, -0.15) is 0 Å². The maximum Gasteiger partial charge on any atom is 0.263 e. The second-order valence-electron chi connectivity index (χ2n) is 6.86. The molecule has 0 aliphatic heterocycles. The number of benzene rings is 1. The summed E-state index contributed by atoms with van der Waals surface area (Å²) < 4.78 is 1.44. The van der Waals surface area contributed by atoms with E-state index in [9.17, 15) is 9.59 Å². The number of fused-ring (bicyclic) bond motifs is 1. The van der Waals surface area contributed by atoms with Gasteiger partial charge in [-0.25, -0.2) is 9.97 Å². The number of amides is 1. The van der Waals surface area contributed by atoms with Crippen LogP contribution in [-0.2, 0) is 4.79 Å². The standard InChI is InChI=1S/C21H20N4O2S2/c1-4-16(18(26)24-21-22-7-8-28-21)25-11-23-19-17(20(25)27)15(10-29-19)14-6-5-12(2)9-13(14)3/h5-11,16H,4H2,1-3H3,(H,22,24,26). The fourth-order valence-corrected chi connectivity index (χ4v) is 4.89. The van der Waals surface area contributed by atoms with Crippen molar-refractivity contribution >= 4 is 43.9 Å². The van der Waals surface area contributed by atoms with Crippen molar-refractivity contribution < 1.29 is 4.79 Å². The molecule has 1 unspecified atom stereocenters. The van der Waals surface area contributed by atoms with E-state index in [1.54, 1.807) is 11.6 Å². The molecule has 0 bridgehead atoms. The highest BCUT2D eigenvalue weighted by Crippen LogP contribution is 2.33. The minimum Gasteiger partial charge on any atom is -0.300 e. The molecule has 8 heteroatoms. The molecule has 1 N–H and O–H groups in total. The highest BCUT2D eigenvalue weighted by molar-refractivity contribution is 7.17. The lowest BCUT2D eigenvalue weighted by Crippen LogP contribution is -2.33. The van der Waals surface area contributed by atoms with Crippen molar-refractivity contribution in [2.24, 2.45) is 0 Å². The van der Waals surface area contributed by atoms with Crippen LogP contribution < -0.4 is 10.9 Å². The number of hydrogen-bond acceptors (Lipinski definition) is 6. The first-order valence-corrected chi connectivity index (χ1v) is 11.0. The van der Waals surface area contributed by atoms with E-state index < -0.39 is 6.04 Å². The van der Waals surface area contributed by atoms with E-state index in [1.165, 1.54) is 39.1 Å². The fraction of sp³-hybridized carbons (Fsp3) is 0.238. The summed E-state index contributed by atoms with van der Waals surface area (Å²) in [7, 11) is 0. The average Bonchev–Trinajstić information content (AvgIpc) is 3.34. The first-order chi connectivity index (χ1) is 14.0. The van der Waals surface area contributed by atoms with E-state index >= 15 is 0 Å². The normalized spacial score (nSPS) is 12.2. The molecule has 4 rings (SSSR count). The second-order valence-corrected chi connectivity index (χ2v) is 8.61. The number of thiophene rings is 1. The first-order valence-electron chi connectivity index (χ1n) is 9.26. The van der Waals surface area contributed by atoms with Gasteiger partial charge < -0.3 is 5.32 Å². The van der Waals surface area contributed by atoms with Gasteiger partial charge in [-0.1, -0.05) is 30.7 Å². The van der Waals surface area contributed by atoms with Gasteiger partial charge in [0.05, 0.1) is 11.7 Å². The molecule has 6 nitrogen and oxygen atoms in total. The molecular weight excluding hydrogens is 404 g/mol. The molecule has 0 spiro atoms. The lowest BCUT2D eigenvalue weighted by Gasteiger charge is -2.17. The third-order valence-electron chi connectivity index (χ3n) is 4.88. The van der Waals surface area contributed by atoms with Gasteiger partial charge in [-0.3, -0.25) is 14.2 Å². The zero-order chi connectivity index (χ0) is 20.5. The first kappa shape index (κ1) is 19.5. The van der Waals surface area contributed by atoms with Crippen molar-refractivity contribution in [2.45, 2.75) is 33.2 Å². The van der Waals surface area contributed by atoms with Crippen LogP contribution in [0.3, 0.4) is 0 Å². The molecule has 3 heterocycles. The summed E-state index contributed by atoms with van der Waals surface area (Å²) in [6, 6.07) is 5.52. The summed E-state index contributed by atoms with van der Waals surface area (Å²) in [4.78, 5) is 35.4. The fourth-order valence-electron chi connectivity index (χ4n) is 3.46. The summed E-state index contributed by atoms with van der Waals surface area (Å²) in [6.07, 6.45) is 3.57. The van der Waals surface area contributed by atoms with Crippen LogP contribution in [0.4, 0.5) is 5.13 Å². The summed E-state index contributed by atoms with van der Waals surface area (Å²) in [6.45, 7) is 5.96. The Hall–Kier alpha value is -2.84. The number of carbonyl (C=O) groups excluding carboxylic acids is 1. The molecule has 0 aliphatic rings. The number of aryl methyl sites for hydroxylation is 2. The number of aromatic nitrogens is 3. The van der Waals surface area contributed by atoms with Gasteiger partial charge in [0, 0.05) is 22.5 Å². The predicted octanol–water partition coefficient (Wildman–Crippen LogP) is 4.79. The Kier molecular flexibility index (Phi) is 5.29. The third-order valence-corrected chi connectivity index (χ3v) is 6.45. The van der Waals surface area contributed by atoms with Gasteiger partial charge in [0.25, 0.3) is 5.56 Å². The highest BCUT2D eigenvalue weighted by atomic mass is 32.1. The molecule has 0 radical (unpaired) electrons. The predicted molar refractivity (Wildman–Crippen MR) is 119 cm³/mol. The van der Waals surface area contributed by atoms with E-state index in [-0.39, 0.29) is 11.5 Å². The van der Waals surface area contributed by atoms with Gasteiger partial charge in [-0.05, 0) is 31.4 Å². The van der Waals surface area contributed by atoms with E-state index in [0.29, 0.717) is 21.8 Å². The lowest BCUT2D eigenvalue weighted by molar-refractivity contribution is -0.119. The number of carbonyl (C=O) groups is 1. The minimum atomic E-state index is -0.657. The Morgan fingerprint density at radius 1 is 1.21 bits per heavy atom. The zero-order valence-electron chi connectivity index (χ0n) is 16.3. The van der Waals surface area contributed by atoms with Crippen LogP contribution in [0, 0.1) is 13.8 Å². The van der Waals surface area contributed by atoms with Crippen LogP contribution in [0.15, 0.2) is 46.3 Å². The molecule has 0 fully saturated rings. The maximum absolute atomic E-state index is 13.4. The molecule has 1 amide bonds. The summed E-state index contributed by atoms with van der Waals surface area (Å²) in [5, 5.41) is 7.62. The lowest BCUT2D eigenvalue weighted by atomic mass is 9.99. The molecular formula is C21H20N4O2S2. The molecule has 0 saturated heterocycles. The van der Waals surface area contributed by atoms with Crippen molar-refractivity contribution in [3.05, 3.63) is 63.0 Å². The van der Waals surface area contributed by atoms with Crippen molar-refractivity contribution in [3.63, 3.8) is 0 Å². The Balaban J connectivity index is 1.81. The monoisotopic (exact) mass is 424 g/mol. The quantitative estimate of drug-likeness (QED) is 0.500. The molecule has 148 valence electrons. The van der Waals surface area contributed by atoms with Crippen LogP contribution in [0.25, 0.3) is 21.3 Å². The Morgan fingerprint density at radius 3 is 2.72 bits per heavy atom. The van der Waals surface area contributed by atoms with Crippen LogP contribution in [-0.4, -0.2) is 20.4 Å². The number of rotatable bonds is 5. The van der Waals surface area contributed by atoms with Crippen LogP contribution in [0.2, 0.25) is 0 Å². The number of anilines is 1. The van der Waals surface area contributed by atoms with E-state index in [0.717, 1.165) is 16.7 Å². The van der Waals surface area contributed by atoms with Gasteiger partial charge in [0.15, 0.2) is 5.13 Å². The Labute approximate surface area is 175 Å². The molecule has 3 aromatic heterocycles. The largest absolute Gasteiger partial charge is 0.300 e. The van der Waals surface area contributed by atoms with Crippen molar-refractivity contribution in [1.82, 2.24) is 14.5 Å². The van der Waals surface area contributed by atoms with Crippen LogP contribution in [0.1, 0.15) is 30.5 Å². The van der Waals surface area contributed by atoms with E-state index in [1.807, 2.05) is 38.3 Å². The molecule has 29 heavy (non-hydrogen) atoms. The highest BCUT2D eigenvalue weighted by Gasteiger charge is 2.23. The van der Waals surface area contributed by atoms with Crippen LogP contribution >= 0.6 is 22.7 Å². The van der Waals surface area contributed by atoms with E-state index in [2.05, 4.69) is 21.4 Å². The zero-order valence-corrected chi connectivity index (χ0v) is 17.9. The van der Waals surface area contributed by atoms with Crippen molar-refractivity contribution in [3.8, 4) is 11.1 Å². The topological polar surface area (TPSA) is 76.9 Å². The van der Waals surface area contributed by atoms with Gasteiger partial charge in [0.2, 0.25) is 5.91 Å².